The van der Waals surface area contributed by atoms with Crippen LogP contribution in [0.5, 0.6) is 0 Å². The standard InChI is InChI=1S/C29H24O4/c1-17(2)11-12-18-7-6-8-19-13-23-24(14-22(18)19)26-20-9-4-5-10-21(20)27(23)28(29(31)32-3)25(26)15-33-16-30/h4-10,13-14,16-17,26-27H,15H2,1-3H3. The molecule has 2 bridgehead atoms. The van der Waals surface area contributed by atoms with E-state index in [-0.39, 0.29) is 30.3 Å². The van der Waals surface area contributed by atoms with E-state index in [1.807, 2.05) is 24.3 Å². The molecule has 0 amide bonds. The molecule has 4 nitrogen and oxygen atoms in total. The number of hydrogen-bond acceptors (Lipinski definition) is 4. The smallest absolute Gasteiger partial charge is 0.334 e. The Labute approximate surface area is 193 Å². The summed E-state index contributed by atoms with van der Waals surface area (Å²) in [4.78, 5) is 24.0. The van der Waals surface area contributed by atoms with Gasteiger partial charge in [0.1, 0.15) is 6.61 Å². The highest BCUT2D eigenvalue weighted by Crippen LogP contribution is 2.56. The molecule has 2 atom stereocenters. The lowest BCUT2D eigenvalue weighted by molar-refractivity contribution is -0.137. The summed E-state index contributed by atoms with van der Waals surface area (Å²) in [6.07, 6.45) is 0. The average Bonchev–Trinajstić information content (AvgIpc) is 2.84. The van der Waals surface area contributed by atoms with Crippen molar-refractivity contribution in [3.63, 3.8) is 0 Å². The molecular weight excluding hydrogens is 412 g/mol. The maximum atomic E-state index is 13.0. The van der Waals surface area contributed by atoms with Crippen molar-refractivity contribution in [3.8, 4) is 11.8 Å². The highest BCUT2D eigenvalue weighted by atomic mass is 16.5. The number of ether oxygens (including phenoxy) is 2. The third-order valence-electron chi connectivity index (χ3n) is 6.51. The molecule has 3 aromatic rings. The summed E-state index contributed by atoms with van der Waals surface area (Å²) in [6, 6.07) is 18.7. The normalized spacial score (nSPS) is 17.8. The fraction of sp³-hybridized carbons (Fsp3) is 0.241. The Bertz CT molecular complexity index is 1380. The number of fused-ring (bicyclic) bond motifs is 1. The average molecular weight is 437 g/mol. The molecule has 0 radical (unpaired) electrons. The van der Waals surface area contributed by atoms with Gasteiger partial charge in [-0.25, -0.2) is 4.79 Å². The molecule has 2 unspecified atom stereocenters. The van der Waals surface area contributed by atoms with Crippen LogP contribution in [0.15, 0.2) is 65.7 Å². The van der Waals surface area contributed by atoms with E-state index >= 15 is 0 Å². The van der Waals surface area contributed by atoms with Crippen molar-refractivity contribution in [2.75, 3.05) is 13.7 Å². The van der Waals surface area contributed by atoms with Crippen LogP contribution in [0.3, 0.4) is 0 Å². The van der Waals surface area contributed by atoms with Crippen LogP contribution in [0.2, 0.25) is 0 Å². The van der Waals surface area contributed by atoms with Crippen molar-refractivity contribution in [1.82, 2.24) is 0 Å². The quantitative estimate of drug-likeness (QED) is 0.325. The Hall–Kier alpha value is -3.84. The summed E-state index contributed by atoms with van der Waals surface area (Å²) in [5, 5.41) is 2.17. The van der Waals surface area contributed by atoms with Crippen LogP contribution in [0, 0.1) is 17.8 Å². The van der Waals surface area contributed by atoms with Crippen LogP contribution in [-0.4, -0.2) is 26.2 Å². The van der Waals surface area contributed by atoms with E-state index in [1.54, 1.807) is 0 Å². The topological polar surface area (TPSA) is 52.6 Å². The second-order valence-electron chi connectivity index (χ2n) is 8.76. The number of carbonyl (C=O) groups is 2. The molecule has 0 aromatic heterocycles. The van der Waals surface area contributed by atoms with E-state index in [0.717, 1.165) is 44.2 Å². The number of methoxy groups -OCH3 is 1. The third-order valence-corrected chi connectivity index (χ3v) is 6.51. The molecule has 0 N–H and O–H groups in total. The zero-order chi connectivity index (χ0) is 23.1. The summed E-state index contributed by atoms with van der Waals surface area (Å²) in [5.41, 5.74) is 6.80. The highest BCUT2D eigenvalue weighted by Gasteiger charge is 2.45. The monoisotopic (exact) mass is 436 g/mol. The zero-order valence-electron chi connectivity index (χ0n) is 18.8. The van der Waals surface area contributed by atoms with Crippen molar-refractivity contribution in [1.29, 1.82) is 0 Å². The summed E-state index contributed by atoms with van der Waals surface area (Å²) in [5.74, 6) is 6.04. The summed E-state index contributed by atoms with van der Waals surface area (Å²) in [7, 11) is 1.39. The van der Waals surface area contributed by atoms with Crippen molar-refractivity contribution in [3.05, 3.63) is 93.6 Å². The molecule has 0 fully saturated rings. The van der Waals surface area contributed by atoms with Gasteiger partial charge in [-0.05, 0) is 56.8 Å². The van der Waals surface area contributed by atoms with Gasteiger partial charge in [0.15, 0.2) is 0 Å². The van der Waals surface area contributed by atoms with Crippen molar-refractivity contribution in [2.24, 2.45) is 5.92 Å². The van der Waals surface area contributed by atoms with E-state index in [0.29, 0.717) is 12.0 Å². The van der Waals surface area contributed by atoms with Crippen LogP contribution in [0.25, 0.3) is 10.8 Å². The molecule has 0 spiro atoms. The Morgan fingerprint density at radius 2 is 1.73 bits per heavy atom. The van der Waals surface area contributed by atoms with Gasteiger partial charge in [-0.3, -0.25) is 4.79 Å². The number of hydrogen-bond donors (Lipinski definition) is 0. The van der Waals surface area contributed by atoms with Gasteiger partial charge in [0.05, 0.1) is 12.7 Å². The molecule has 0 aliphatic heterocycles. The zero-order valence-corrected chi connectivity index (χ0v) is 18.8. The van der Waals surface area contributed by atoms with E-state index in [4.69, 9.17) is 9.47 Å². The Morgan fingerprint density at radius 1 is 1.00 bits per heavy atom. The largest absolute Gasteiger partial charge is 0.466 e. The van der Waals surface area contributed by atoms with Gasteiger partial charge in [0.25, 0.3) is 6.47 Å². The molecule has 0 heterocycles. The lowest BCUT2D eigenvalue weighted by Crippen LogP contribution is -2.33. The Morgan fingerprint density at radius 3 is 2.42 bits per heavy atom. The molecule has 3 aromatic carbocycles. The fourth-order valence-electron chi connectivity index (χ4n) is 5.23. The van der Waals surface area contributed by atoms with Crippen LogP contribution < -0.4 is 0 Å². The first-order valence-electron chi connectivity index (χ1n) is 11.1. The van der Waals surface area contributed by atoms with E-state index < -0.39 is 0 Å². The predicted molar refractivity (Wildman–Crippen MR) is 127 cm³/mol. The molecule has 3 aliphatic carbocycles. The van der Waals surface area contributed by atoms with E-state index in [2.05, 4.69) is 56.0 Å². The number of esters is 1. The molecule has 0 saturated carbocycles. The highest BCUT2D eigenvalue weighted by molar-refractivity contribution is 5.97. The lowest BCUT2D eigenvalue weighted by Gasteiger charge is -2.42. The molecule has 33 heavy (non-hydrogen) atoms. The van der Waals surface area contributed by atoms with E-state index in [1.165, 1.54) is 7.11 Å². The molecule has 164 valence electrons. The molecule has 0 saturated heterocycles. The molecule has 3 aliphatic rings. The van der Waals surface area contributed by atoms with Gasteiger partial charge >= 0.3 is 5.97 Å². The van der Waals surface area contributed by atoms with Crippen LogP contribution >= 0.6 is 0 Å². The summed E-state index contributed by atoms with van der Waals surface area (Å²) < 4.78 is 10.4. The minimum Gasteiger partial charge on any atom is -0.466 e. The van der Waals surface area contributed by atoms with Crippen molar-refractivity contribution >= 4 is 23.2 Å². The van der Waals surface area contributed by atoms with Crippen LogP contribution in [0.1, 0.15) is 53.5 Å². The first kappa shape index (κ1) is 21.0. The first-order valence-corrected chi connectivity index (χ1v) is 11.1. The molecule has 4 heteroatoms. The van der Waals surface area contributed by atoms with E-state index in [9.17, 15) is 9.59 Å². The van der Waals surface area contributed by atoms with Gasteiger partial charge in [0, 0.05) is 23.3 Å². The fourth-order valence-corrected chi connectivity index (χ4v) is 5.23. The van der Waals surface area contributed by atoms with Crippen LogP contribution in [0.4, 0.5) is 0 Å². The van der Waals surface area contributed by atoms with Gasteiger partial charge in [-0.2, -0.15) is 0 Å². The van der Waals surface area contributed by atoms with Gasteiger partial charge in [0.2, 0.25) is 0 Å². The van der Waals surface area contributed by atoms with Crippen molar-refractivity contribution in [2.45, 2.75) is 25.7 Å². The maximum Gasteiger partial charge on any atom is 0.334 e. The number of rotatable bonds is 4. The number of carbonyl (C=O) groups excluding carboxylic acids is 2. The third kappa shape index (κ3) is 3.32. The second-order valence-corrected chi connectivity index (χ2v) is 8.76. The minimum atomic E-state index is -0.383. The predicted octanol–water partition coefficient (Wildman–Crippen LogP) is 5.08. The molecule has 6 rings (SSSR count). The Balaban J connectivity index is 1.80. The van der Waals surface area contributed by atoms with Gasteiger partial charge < -0.3 is 9.47 Å². The Kier molecular flexibility index (Phi) is 5.26. The SMILES string of the molecule is COC(=O)C1=C(COC=O)C2c3ccccc3C1c1cc3cccc(C#CC(C)C)c3cc12. The van der Waals surface area contributed by atoms with Crippen molar-refractivity contribution < 1.29 is 19.1 Å². The summed E-state index contributed by atoms with van der Waals surface area (Å²) in [6.45, 7) is 4.63. The van der Waals surface area contributed by atoms with Gasteiger partial charge in [-0.1, -0.05) is 62.1 Å². The number of benzene rings is 3. The van der Waals surface area contributed by atoms with Crippen LogP contribution in [-0.2, 0) is 19.1 Å². The minimum absolute atomic E-state index is 0.0513. The van der Waals surface area contributed by atoms with Gasteiger partial charge in [-0.15, -0.1) is 0 Å². The maximum absolute atomic E-state index is 13.0. The molecular formula is C29H24O4. The summed E-state index contributed by atoms with van der Waals surface area (Å²) >= 11 is 0. The lowest BCUT2D eigenvalue weighted by atomic mass is 9.60. The first-order chi connectivity index (χ1) is 16.0. The second kappa shape index (κ2) is 8.26.